The van der Waals surface area contributed by atoms with Crippen molar-refractivity contribution in [1.82, 2.24) is 4.90 Å². The van der Waals surface area contributed by atoms with E-state index >= 15 is 0 Å². The number of benzene rings is 1. The lowest BCUT2D eigenvalue weighted by Crippen LogP contribution is -2.43. The van der Waals surface area contributed by atoms with E-state index in [1.165, 1.54) is 31.4 Å². The predicted molar refractivity (Wildman–Crippen MR) is 95.0 cm³/mol. The van der Waals surface area contributed by atoms with Crippen LogP contribution in [-0.2, 0) is 19.6 Å². The Hall–Kier alpha value is -2.09. The molecule has 1 aromatic rings. The molecular weight excluding hydrogens is 344 g/mol. The predicted octanol–water partition coefficient (Wildman–Crippen LogP) is 1.64. The van der Waals surface area contributed by atoms with Crippen LogP contribution in [0.25, 0.3) is 0 Å². The summed E-state index contributed by atoms with van der Waals surface area (Å²) >= 11 is 0. The van der Waals surface area contributed by atoms with Crippen molar-refractivity contribution in [2.45, 2.75) is 25.7 Å². The molecule has 0 unspecified atom stereocenters. The van der Waals surface area contributed by atoms with Gasteiger partial charge in [-0.25, -0.2) is 13.2 Å². The lowest BCUT2D eigenvalue weighted by molar-refractivity contribution is -0.129. The maximum absolute atomic E-state index is 12.5. The largest absolute Gasteiger partial charge is 0.465 e. The van der Waals surface area contributed by atoms with E-state index in [2.05, 4.69) is 4.74 Å². The van der Waals surface area contributed by atoms with Crippen LogP contribution in [0.15, 0.2) is 24.3 Å². The van der Waals surface area contributed by atoms with E-state index in [4.69, 9.17) is 0 Å². The molecule has 2 rings (SSSR count). The molecule has 0 aliphatic carbocycles. The third-order valence-electron chi connectivity index (χ3n) is 4.21. The highest BCUT2D eigenvalue weighted by Gasteiger charge is 2.24. The zero-order valence-electron chi connectivity index (χ0n) is 14.6. The molecule has 0 spiro atoms. The number of nitrogens with zero attached hydrogens (tertiary/aromatic N) is 2. The molecule has 7 nitrogen and oxygen atoms in total. The Kier molecular flexibility index (Phi) is 6.41. The van der Waals surface area contributed by atoms with Crippen LogP contribution in [0.3, 0.4) is 0 Å². The molecular formula is C17H24N2O5S. The van der Waals surface area contributed by atoms with E-state index in [1.807, 2.05) is 0 Å². The first-order valence-corrected chi connectivity index (χ1v) is 10.1. The van der Waals surface area contributed by atoms with Crippen molar-refractivity contribution >= 4 is 27.6 Å². The number of ether oxygens (including phenoxy) is 1. The quantitative estimate of drug-likeness (QED) is 0.738. The summed E-state index contributed by atoms with van der Waals surface area (Å²) in [6.45, 7) is 1.09. The average molecular weight is 368 g/mol. The average Bonchev–Trinajstić information content (AvgIpc) is 2.87. The highest BCUT2D eigenvalue weighted by atomic mass is 32.2. The Morgan fingerprint density at radius 3 is 2.12 bits per heavy atom. The van der Waals surface area contributed by atoms with Crippen molar-refractivity contribution in [2.24, 2.45) is 0 Å². The van der Waals surface area contributed by atoms with E-state index in [-0.39, 0.29) is 12.5 Å². The molecule has 0 bridgehead atoms. The van der Waals surface area contributed by atoms with Crippen molar-refractivity contribution in [3.05, 3.63) is 29.8 Å². The topological polar surface area (TPSA) is 84.0 Å². The third-order valence-corrected chi connectivity index (χ3v) is 5.35. The second-order valence-corrected chi connectivity index (χ2v) is 8.01. The smallest absolute Gasteiger partial charge is 0.337 e. The van der Waals surface area contributed by atoms with Gasteiger partial charge in [0.05, 0.1) is 24.6 Å². The molecule has 1 amide bonds. The highest BCUT2D eigenvalue weighted by molar-refractivity contribution is 7.92. The molecule has 1 aliphatic heterocycles. The zero-order valence-corrected chi connectivity index (χ0v) is 15.4. The van der Waals surface area contributed by atoms with Gasteiger partial charge in [0.1, 0.15) is 6.54 Å². The minimum absolute atomic E-state index is 0.204. The first-order valence-electron chi connectivity index (χ1n) is 8.27. The van der Waals surface area contributed by atoms with Gasteiger partial charge in [0, 0.05) is 13.1 Å². The number of methoxy groups -OCH3 is 1. The number of hydrogen-bond acceptors (Lipinski definition) is 5. The van der Waals surface area contributed by atoms with Crippen LogP contribution in [0.5, 0.6) is 0 Å². The van der Waals surface area contributed by atoms with Crippen molar-refractivity contribution < 1.29 is 22.7 Å². The second kappa shape index (κ2) is 8.33. The summed E-state index contributed by atoms with van der Waals surface area (Å²) in [5.41, 5.74) is 0.664. The number of likely N-dealkylation sites (tertiary alicyclic amines) is 1. The van der Waals surface area contributed by atoms with Crippen molar-refractivity contribution in [1.29, 1.82) is 0 Å². The van der Waals surface area contributed by atoms with E-state index < -0.39 is 16.0 Å². The second-order valence-electron chi connectivity index (χ2n) is 6.10. The fourth-order valence-corrected chi connectivity index (χ4v) is 3.67. The summed E-state index contributed by atoms with van der Waals surface area (Å²) in [6, 6.07) is 5.97. The first kappa shape index (κ1) is 19.2. The molecule has 1 saturated heterocycles. The van der Waals surface area contributed by atoms with Gasteiger partial charge in [-0.05, 0) is 37.1 Å². The Morgan fingerprint density at radius 1 is 1.08 bits per heavy atom. The Bertz CT molecular complexity index is 707. The van der Waals surface area contributed by atoms with E-state index in [9.17, 15) is 18.0 Å². The summed E-state index contributed by atoms with van der Waals surface area (Å²) < 4.78 is 30.0. The van der Waals surface area contributed by atoms with Gasteiger partial charge in [-0.2, -0.15) is 0 Å². The van der Waals surface area contributed by atoms with Crippen LogP contribution >= 0.6 is 0 Å². The van der Waals surface area contributed by atoms with Gasteiger partial charge < -0.3 is 9.64 Å². The van der Waals surface area contributed by atoms with E-state index in [0.717, 1.165) is 36.2 Å². The van der Waals surface area contributed by atoms with Gasteiger partial charge in [-0.3, -0.25) is 9.10 Å². The molecule has 1 aromatic carbocycles. The Balaban J connectivity index is 2.19. The van der Waals surface area contributed by atoms with E-state index in [1.54, 1.807) is 4.90 Å². The molecule has 1 aliphatic rings. The fraction of sp³-hybridized carbons (Fsp3) is 0.529. The zero-order chi connectivity index (χ0) is 18.4. The number of amides is 1. The molecule has 0 radical (unpaired) electrons. The molecule has 1 fully saturated rings. The number of rotatable bonds is 5. The van der Waals surface area contributed by atoms with Gasteiger partial charge in [-0.1, -0.05) is 12.8 Å². The molecule has 0 atom stereocenters. The Labute approximate surface area is 148 Å². The molecule has 0 saturated carbocycles. The number of anilines is 1. The molecule has 138 valence electrons. The molecule has 0 aromatic heterocycles. The van der Waals surface area contributed by atoms with Crippen LogP contribution in [0, 0.1) is 0 Å². The Morgan fingerprint density at radius 2 is 1.64 bits per heavy atom. The highest BCUT2D eigenvalue weighted by Crippen LogP contribution is 2.20. The van der Waals surface area contributed by atoms with Gasteiger partial charge in [-0.15, -0.1) is 0 Å². The van der Waals surface area contributed by atoms with Crippen molar-refractivity contribution in [2.75, 3.05) is 37.3 Å². The van der Waals surface area contributed by atoms with Crippen molar-refractivity contribution in [3.8, 4) is 0 Å². The maximum Gasteiger partial charge on any atom is 0.337 e. The lowest BCUT2D eigenvalue weighted by atomic mass is 10.2. The van der Waals surface area contributed by atoms with Crippen LogP contribution in [0.1, 0.15) is 36.0 Å². The summed E-state index contributed by atoms with van der Waals surface area (Å²) in [7, 11) is -2.35. The first-order chi connectivity index (χ1) is 11.8. The van der Waals surface area contributed by atoms with E-state index in [0.29, 0.717) is 24.3 Å². The molecule has 8 heteroatoms. The molecule has 1 heterocycles. The number of esters is 1. The van der Waals surface area contributed by atoms with Gasteiger partial charge >= 0.3 is 5.97 Å². The summed E-state index contributed by atoms with van der Waals surface area (Å²) in [5.74, 6) is -0.706. The number of carbonyl (C=O) groups is 2. The molecule has 25 heavy (non-hydrogen) atoms. The standard InChI is InChI=1S/C17H24N2O5S/c1-24-17(21)14-7-9-15(10-8-14)19(25(2,22)23)13-16(20)18-11-5-3-4-6-12-18/h7-10H,3-6,11-13H2,1-2H3. The van der Waals surface area contributed by atoms with Gasteiger partial charge in [0.25, 0.3) is 0 Å². The van der Waals surface area contributed by atoms with Crippen LogP contribution in [0.2, 0.25) is 0 Å². The minimum atomic E-state index is -3.63. The number of carbonyl (C=O) groups excluding carboxylic acids is 2. The van der Waals surface area contributed by atoms with Crippen LogP contribution < -0.4 is 4.31 Å². The summed E-state index contributed by atoms with van der Waals surface area (Å²) in [5, 5.41) is 0. The van der Waals surface area contributed by atoms with Crippen molar-refractivity contribution in [3.63, 3.8) is 0 Å². The summed E-state index contributed by atoms with van der Waals surface area (Å²) in [4.78, 5) is 25.8. The number of hydrogen-bond donors (Lipinski definition) is 0. The monoisotopic (exact) mass is 368 g/mol. The third kappa shape index (κ3) is 5.19. The number of sulfonamides is 1. The summed E-state index contributed by atoms with van der Waals surface area (Å²) in [6.07, 6.45) is 5.14. The van der Waals surface area contributed by atoms with Gasteiger partial charge in [0.2, 0.25) is 15.9 Å². The molecule has 0 N–H and O–H groups in total. The lowest BCUT2D eigenvalue weighted by Gasteiger charge is -2.26. The maximum atomic E-state index is 12.5. The van der Waals surface area contributed by atoms with Crippen LogP contribution in [0.4, 0.5) is 5.69 Å². The van der Waals surface area contributed by atoms with Crippen LogP contribution in [-0.4, -0.2) is 58.2 Å². The fourth-order valence-electron chi connectivity index (χ4n) is 2.82. The normalized spacial score (nSPS) is 15.4. The van der Waals surface area contributed by atoms with Gasteiger partial charge in [0.15, 0.2) is 0 Å². The SMILES string of the molecule is COC(=O)c1ccc(N(CC(=O)N2CCCCCC2)S(C)(=O)=O)cc1. The minimum Gasteiger partial charge on any atom is -0.465 e.